The monoisotopic (exact) mass is 256 g/mol. The van der Waals surface area contributed by atoms with Gasteiger partial charge in [0.1, 0.15) is 0 Å². The van der Waals surface area contributed by atoms with E-state index in [1.54, 1.807) is 0 Å². The predicted molar refractivity (Wildman–Crippen MR) is 64.0 cm³/mol. The highest BCUT2D eigenvalue weighted by Gasteiger charge is 2.26. The van der Waals surface area contributed by atoms with Gasteiger partial charge in [0.15, 0.2) is 5.82 Å². The minimum Gasteiger partial charge on any atom is -0.481 e. The lowest BCUT2D eigenvalue weighted by Crippen LogP contribution is -2.39. The molecule has 0 aromatic carbocycles. The fourth-order valence-electron chi connectivity index (χ4n) is 2.01. The summed E-state index contributed by atoms with van der Waals surface area (Å²) in [5, 5.41) is 9.10. The number of nitrogens with two attached hydrogens (primary N) is 1. The Morgan fingerprint density at radius 1 is 1.65 bits per heavy atom. The van der Waals surface area contributed by atoms with Crippen molar-refractivity contribution in [2.45, 2.75) is 12.8 Å². The number of rotatable bonds is 2. The zero-order valence-corrected chi connectivity index (χ0v) is 9.89. The van der Waals surface area contributed by atoms with Crippen LogP contribution in [-0.4, -0.2) is 34.1 Å². The van der Waals surface area contributed by atoms with Crippen molar-refractivity contribution >= 4 is 29.1 Å². The number of hydrogen-bond donors (Lipinski definition) is 2. The van der Waals surface area contributed by atoms with Crippen molar-refractivity contribution in [3.8, 4) is 0 Å². The Labute approximate surface area is 103 Å². The molecule has 0 aliphatic carbocycles. The lowest BCUT2D eigenvalue weighted by atomic mass is 9.98. The SMILES string of the molecule is Nc1nc(Cl)ncc1N1CCC[C@H](C(=O)O)C1. The summed E-state index contributed by atoms with van der Waals surface area (Å²) in [6.07, 6.45) is 3.05. The molecule has 6 nitrogen and oxygen atoms in total. The molecule has 1 aromatic rings. The van der Waals surface area contributed by atoms with Gasteiger partial charge in [-0.3, -0.25) is 4.79 Å². The van der Waals surface area contributed by atoms with Crippen LogP contribution in [-0.2, 0) is 4.79 Å². The highest BCUT2D eigenvalue weighted by molar-refractivity contribution is 6.28. The van der Waals surface area contributed by atoms with Gasteiger partial charge in [-0.05, 0) is 24.4 Å². The first-order valence-corrected chi connectivity index (χ1v) is 5.71. The van der Waals surface area contributed by atoms with Crippen LogP contribution in [0.2, 0.25) is 5.28 Å². The molecule has 7 heteroatoms. The third-order valence-corrected chi connectivity index (χ3v) is 3.06. The van der Waals surface area contributed by atoms with Crippen LogP contribution in [0, 0.1) is 5.92 Å². The van der Waals surface area contributed by atoms with Gasteiger partial charge in [0.2, 0.25) is 5.28 Å². The molecule has 1 aliphatic rings. The molecule has 0 amide bonds. The number of aliphatic carboxylic acids is 1. The topological polar surface area (TPSA) is 92.3 Å². The van der Waals surface area contributed by atoms with Crippen molar-refractivity contribution < 1.29 is 9.90 Å². The first kappa shape index (κ1) is 11.9. The molecular formula is C10H13ClN4O2. The molecule has 0 radical (unpaired) electrons. The number of nitrogen functional groups attached to an aromatic ring is 1. The molecule has 17 heavy (non-hydrogen) atoms. The van der Waals surface area contributed by atoms with Crippen molar-refractivity contribution in [1.82, 2.24) is 9.97 Å². The van der Waals surface area contributed by atoms with Gasteiger partial charge < -0.3 is 15.7 Å². The van der Waals surface area contributed by atoms with E-state index < -0.39 is 5.97 Å². The third-order valence-electron chi connectivity index (χ3n) is 2.88. The van der Waals surface area contributed by atoms with Crippen LogP contribution >= 0.6 is 11.6 Å². The summed E-state index contributed by atoms with van der Waals surface area (Å²) >= 11 is 5.62. The Kier molecular flexibility index (Phi) is 3.33. The van der Waals surface area contributed by atoms with Crippen molar-refractivity contribution in [1.29, 1.82) is 0 Å². The van der Waals surface area contributed by atoms with Gasteiger partial charge in [-0.2, -0.15) is 4.98 Å². The molecule has 0 bridgehead atoms. The minimum atomic E-state index is -0.775. The Morgan fingerprint density at radius 2 is 2.41 bits per heavy atom. The lowest BCUT2D eigenvalue weighted by Gasteiger charge is -2.32. The van der Waals surface area contributed by atoms with Crippen LogP contribution in [0.5, 0.6) is 0 Å². The van der Waals surface area contributed by atoms with E-state index in [9.17, 15) is 4.79 Å². The number of carboxylic acids is 1. The molecule has 0 spiro atoms. The summed E-state index contributed by atoms with van der Waals surface area (Å²) in [5.41, 5.74) is 6.40. The van der Waals surface area contributed by atoms with Gasteiger partial charge in [-0.15, -0.1) is 0 Å². The average Bonchev–Trinajstić information content (AvgIpc) is 2.29. The van der Waals surface area contributed by atoms with E-state index in [4.69, 9.17) is 22.4 Å². The predicted octanol–water partition coefficient (Wildman–Crippen LogP) is 1.01. The van der Waals surface area contributed by atoms with Crippen LogP contribution in [0.15, 0.2) is 6.20 Å². The maximum Gasteiger partial charge on any atom is 0.308 e. The second-order valence-electron chi connectivity index (χ2n) is 4.03. The summed E-state index contributed by atoms with van der Waals surface area (Å²) in [7, 11) is 0. The number of halogens is 1. The first-order valence-electron chi connectivity index (χ1n) is 5.33. The second-order valence-corrected chi connectivity index (χ2v) is 4.37. The number of hydrogen-bond acceptors (Lipinski definition) is 5. The summed E-state index contributed by atoms with van der Waals surface area (Å²) in [6, 6.07) is 0. The molecule has 2 rings (SSSR count). The van der Waals surface area contributed by atoms with Gasteiger partial charge in [0.05, 0.1) is 17.8 Å². The van der Waals surface area contributed by atoms with Crippen LogP contribution in [0.1, 0.15) is 12.8 Å². The lowest BCUT2D eigenvalue weighted by molar-refractivity contribution is -0.141. The van der Waals surface area contributed by atoms with Crippen molar-refractivity contribution in [3.05, 3.63) is 11.5 Å². The van der Waals surface area contributed by atoms with Gasteiger partial charge in [-0.1, -0.05) is 0 Å². The number of anilines is 2. The fourth-order valence-corrected chi connectivity index (χ4v) is 2.15. The van der Waals surface area contributed by atoms with E-state index in [1.165, 1.54) is 6.20 Å². The summed E-state index contributed by atoms with van der Waals surface area (Å²) in [6.45, 7) is 1.20. The highest BCUT2D eigenvalue weighted by Crippen LogP contribution is 2.26. The zero-order chi connectivity index (χ0) is 12.4. The largest absolute Gasteiger partial charge is 0.481 e. The maximum atomic E-state index is 11.0. The van der Waals surface area contributed by atoms with E-state index in [2.05, 4.69) is 9.97 Å². The van der Waals surface area contributed by atoms with Gasteiger partial charge in [0, 0.05) is 13.1 Å². The van der Waals surface area contributed by atoms with E-state index in [-0.39, 0.29) is 17.0 Å². The smallest absolute Gasteiger partial charge is 0.308 e. The summed E-state index contributed by atoms with van der Waals surface area (Å²) < 4.78 is 0. The number of piperidine rings is 1. The van der Waals surface area contributed by atoms with E-state index in [0.29, 0.717) is 18.7 Å². The Hall–Kier alpha value is -1.56. The van der Waals surface area contributed by atoms with Crippen LogP contribution in [0.4, 0.5) is 11.5 Å². The molecular weight excluding hydrogens is 244 g/mol. The molecule has 1 atom stereocenters. The normalized spacial score (nSPS) is 20.3. The van der Waals surface area contributed by atoms with Gasteiger partial charge in [-0.25, -0.2) is 4.98 Å². The molecule has 0 saturated carbocycles. The number of carbonyl (C=O) groups is 1. The molecule has 3 N–H and O–H groups in total. The van der Waals surface area contributed by atoms with Crippen LogP contribution in [0.3, 0.4) is 0 Å². The van der Waals surface area contributed by atoms with Crippen molar-refractivity contribution in [3.63, 3.8) is 0 Å². The molecule has 1 saturated heterocycles. The molecule has 92 valence electrons. The number of aromatic nitrogens is 2. The standard InChI is InChI=1S/C10H13ClN4O2/c11-10-13-4-7(8(12)14-10)15-3-1-2-6(5-15)9(16)17/h4,6H,1-3,5H2,(H,16,17)(H2,12,13,14)/t6-/m0/s1. The first-order chi connectivity index (χ1) is 8.08. The Bertz CT molecular complexity index is 440. The van der Waals surface area contributed by atoms with E-state index in [1.807, 2.05) is 4.90 Å². The van der Waals surface area contributed by atoms with Crippen molar-refractivity contribution in [2.24, 2.45) is 5.92 Å². The van der Waals surface area contributed by atoms with E-state index >= 15 is 0 Å². The van der Waals surface area contributed by atoms with Crippen LogP contribution < -0.4 is 10.6 Å². The molecule has 1 aliphatic heterocycles. The third kappa shape index (κ3) is 2.58. The highest BCUT2D eigenvalue weighted by atomic mass is 35.5. The second kappa shape index (κ2) is 4.75. The van der Waals surface area contributed by atoms with Gasteiger partial charge >= 0.3 is 5.97 Å². The number of nitrogens with zero attached hydrogens (tertiary/aromatic N) is 3. The molecule has 1 fully saturated rings. The quantitative estimate of drug-likeness (QED) is 0.768. The Balaban J connectivity index is 2.19. The average molecular weight is 257 g/mol. The van der Waals surface area contributed by atoms with Crippen LogP contribution in [0.25, 0.3) is 0 Å². The fraction of sp³-hybridized carbons (Fsp3) is 0.500. The zero-order valence-electron chi connectivity index (χ0n) is 9.14. The summed E-state index contributed by atoms with van der Waals surface area (Å²) in [4.78, 5) is 20.6. The molecule has 2 heterocycles. The molecule has 0 unspecified atom stereocenters. The van der Waals surface area contributed by atoms with E-state index in [0.717, 1.165) is 13.0 Å². The maximum absolute atomic E-state index is 11.0. The Morgan fingerprint density at radius 3 is 3.06 bits per heavy atom. The van der Waals surface area contributed by atoms with Crippen molar-refractivity contribution in [2.75, 3.05) is 23.7 Å². The summed E-state index contributed by atoms with van der Waals surface area (Å²) in [5.74, 6) is -0.849. The number of carboxylic acid groups (broad SMARTS) is 1. The van der Waals surface area contributed by atoms with Gasteiger partial charge in [0.25, 0.3) is 0 Å². The molecule has 1 aromatic heterocycles. The minimum absolute atomic E-state index is 0.0954.